The SMILES string of the molecule is CCCn1c(N)c(NCc2nccn2C)c(=O)[nH]c1=O. The molecule has 8 nitrogen and oxygen atoms in total. The Morgan fingerprint density at radius 1 is 1.45 bits per heavy atom. The number of anilines is 2. The molecule has 108 valence electrons. The first-order valence-electron chi connectivity index (χ1n) is 6.37. The van der Waals surface area contributed by atoms with Crippen LogP contribution >= 0.6 is 0 Å². The predicted octanol–water partition coefficient (Wildman–Crippen LogP) is -0.126. The highest BCUT2D eigenvalue weighted by Gasteiger charge is 2.12. The molecule has 0 bridgehead atoms. The van der Waals surface area contributed by atoms with E-state index < -0.39 is 11.2 Å². The van der Waals surface area contributed by atoms with Crippen LogP contribution in [0.4, 0.5) is 11.5 Å². The van der Waals surface area contributed by atoms with Crippen LogP contribution in [0.25, 0.3) is 0 Å². The molecule has 0 saturated heterocycles. The van der Waals surface area contributed by atoms with Gasteiger partial charge in [0.25, 0.3) is 5.56 Å². The molecule has 8 heteroatoms. The van der Waals surface area contributed by atoms with Gasteiger partial charge in [0.1, 0.15) is 17.3 Å². The number of aromatic amines is 1. The van der Waals surface area contributed by atoms with E-state index >= 15 is 0 Å². The summed E-state index contributed by atoms with van der Waals surface area (Å²) in [6.45, 7) is 2.73. The van der Waals surface area contributed by atoms with E-state index in [4.69, 9.17) is 5.73 Å². The van der Waals surface area contributed by atoms with E-state index in [0.29, 0.717) is 13.1 Å². The monoisotopic (exact) mass is 278 g/mol. The number of nitrogens with one attached hydrogen (secondary N) is 2. The molecule has 0 fully saturated rings. The Balaban J connectivity index is 2.32. The summed E-state index contributed by atoms with van der Waals surface area (Å²) in [6.07, 6.45) is 4.22. The van der Waals surface area contributed by atoms with Crippen molar-refractivity contribution >= 4 is 11.5 Å². The molecule has 0 aliphatic rings. The zero-order valence-electron chi connectivity index (χ0n) is 11.5. The van der Waals surface area contributed by atoms with E-state index in [1.807, 2.05) is 24.7 Å². The van der Waals surface area contributed by atoms with Crippen LogP contribution in [-0.4, -0.2) is 19.1 Å². The van der Waals surface area contributed by atoms with Gasteiger partial charge in [-0.15, -0.1) is 0 Å². The van der Waals surface area contributed by atoms with Gasteiger partial charge < -0.3 is 15.6 Å². The van der Waals surface area contributed by atoms with Crippen molar-refractivity contribution in [2.75, 3.05) is 11.1 Å². The van der Waals surface area contributed by atoms with Gasteiger partial charge in [0, 0.05) is 26.0 Å². The van der Waals surface area contributed by atoms with Crippen molar-refractivity contribution in [1.82, 2.24) is 19.1 Å². The van der Waals surface area contributed by atoms with Gasteiger partial charge in [-0.25, -0.2) is 9.78 Å². The highest BCUT2D eigenvalue weighted by molar-refractivity contribution is 5.60. The van der Waals surface area contributed by atoms with E-state index in [9.17, 15) is 9.59 Å². The molecule has 2 aromatic rings. The van der Waals surface area contributed by atoms with Crippen LogP contribution in [0, 0.1) is 0 Å². The maximum Gasteiger partial charge on any atom is 0.330 e. The van der Waals surface area contributed by atoms with Gasteiger partial charge in [0.2, 0.25) is 0 Å². The fourth-order valence-electron chi connectivity index (χ4n) is 1.94. The first-order chi connectivity index (χ1) is 9.54. The Bertz CT molecular complexity index is 711. The Hall–Kier alpha value is -2.51. The van der Waals surface area contributed by atoms with Crippen molar-refractivity contribution in [3.05, 3.63) is 39.1 Å². The van der Waals surface area contributed by atoms with E-state index in [1.54, 1.807) is 6.20 Å². The van der Waals surface area contributed by atoms with Crippen molar-refractivity contribution in [3.63, 3.8) is 0 Å². The number of nitrogens with zero attached hydrogens (tertiary/aromatic N) is 3. The van der Waals surface area contributed by atoms with Crippen LogP contribution in [0.5, 0.6) is 0 Å². The molecule has 0 radical (unpaired) electrons. The summed E-state index contributed by atoms with van der Waals surface area (Å²) >= 11 is 0. The van der Waals surface area contributed by atoms with E-state index in [0.717, 1.165) is 12.2 Å². The number of H-pyrrole nitrogens is 1. The maximum absolute atomic E-state index is 11.8. The summed E-state index contributed by atoms with van der Waals surface area (Å²) in [6, 6.07) is 0. The van der Waals surface area contributed by atoms with Gasteiger partial charge in [-0.3, -0.25) is 14.3 Å². The molecule has 0 spiro atoms. The van der Waals surface area contributed by atoms with Crippen LogP contribution in [0.2, 0.25) is 0 Å². The average Bonchev–Trinajstić information content (AvgIpc) is 2.80. The van der Waals surface area contributed by atoms with Crippen molar-refractivity contribution < 1.29 is 0 Å². The van der Waals surface area contributed by atoms with Crippen molar-refractivity contribution in [2.24, 2.45) is 7.05 Å². The second-order valence-electron chi connectivity index (χ2n) is 4.48. The number of hydrogen-bond donors (Lipinski definition) is 3. The standard InChI is InChI=1S/C12H18N6O2/c1-3-5-18-10(13)9(11(19)16-12(18)20)15-7-8-14-4-6-17(8)2/h4,6,15H,3,5,7,13H2,1-2H3,(H,16,19,20). The fourth-order valence-corrected chi connectivity index (χ4v) is 1.94. The topological polar surface area (TPSA) is 111 Å². The van der Waals surface area contributed by atoms with Crippen LogP contribution in [0.15, 0.2) is 22.0 Å². The summed E-state index contributed by atoms with van der Waals surface area (Å²) in [5, 5.41) is 2.94. The second kappa shape index (κ2) is 5.64. The molecule has 0 saturated carbocycles. The van der Waals surface area contributed by atoms with Gasteiger partial charge in [0.15, 0.2) is 0 Å². The van der Waals surface area contributed by atoms with Gasteiger partial charge in [-0.2, -0.15) is 0 Å². The van der Waals surface area contributed by atoms with E-state index in [-0.39, 0.29) is 11.5 Å². The normalized spacial score (nSPS) is 10.7. The van der Waals surface area contributed by atoms with Crippen LogP contribution in [0.3, 0.4) is 0 Å². The Labute approximate surface area is 115 Å². The molecule has 0 unspecified atom stereocenters. The van der Waals surface area contributed by atoms with E-state index in [2.05, 4.69) is 15.3 Å². The smallest absolute Gasteiger partial charge is 0.330 e. The number of nitrogens with two attached hydrogens (primary N) is 1. The highest BCUT2D eigenvalue weighted by atomic mass is 16.2. The molecule has 0 aliphatic carbocycles. The third kappa shape index (κ3) is 2.58. The number of imidazole rings is 1. The first kappa shape index (κ1) is 13.9. The number of nitrogen functional groups attached to an aromatic ring is 1. The zero-order chi connectivity index (χ0) is 14.7. The summed E-state index contributed by atoms with van der Waals surface area (Å²) in [5.41, 5.74) is 5.09. The lowest BCUT2D eigenvalue weighted by atomic mass is 10.4. The quantitative estimate of drug-likeness (QED) is 0.706. The highest BCUT2D eigenvalue weighted by Crippen LogP contribution is 2.11. The van der Waals surface area contributed by atoms with E-state index in [1.165, 1.54) is 4.57 Å². The van der Waals surface area contributed by atoms with Crippen LogP contribution in [-0.2, 0) is 20.1 Å². The molecule has 20 heavy (non-hydrogen) atoms. The first-order valence-corrected chi connectivity index (χ1v) is 6.37. The minimum absolute atomic E-state index is 0.148. The molecule has 0 atom stereocenters. The minimum atomic E-state index is -0.519. The summed E-state index contributed by atoms with van der Waals surface area (Å²) in [4.78, 5) is 29.9. The molecule has 0 amide bonds. The third-order valence-electron chi connectivity index (χ3n) is 3.03. The zero-order valence-corrected chi connectivity index (χ0v) is 11.5. The molecule has 2 rings (SSSR count). The third-order valence-corrected chi connectivity index (χ3v) is 3.03. The average molecular weight is 278 g/mol. The van der Waals surface area contributed by atoms with Crippen molar-refractivity contribution in [2.45, 2.75) is 26.4 Å². The largest absolute Gasteiger partial charge is 0.383 e. The Kier molecular flexibility index (Phi) is 3.92. The summed E-state index contributed by atoms with van der Waals surface area (Å²) in [7, 11) is 1.86. The number of hydrogen-bond acceptors (Lipinski definition) is 5. The van der Waals surface area contributed by atoms with Gasteiger partial charge in [-0.05, 0) is 6.42 Å². The molecule has 2 heterocycles. The molecular weight excluding hydrogens is 260 g/mol. The number of aromatic nitrogens is 4. The maximum atomic E-state index is 11.8. The fraction of sp³-hybridized carbons (Fsp3) is 0.417. The van der Waals surface area contributed by atoms with Crippen LogP contribution < -0.4 is 22.3 Å². The lowest BCUT2D eigenvalue weighted by molar-refractivity contribution is 0.642. The summed E-state index contributed by atoms with van der Waals surface area (Å²) < 4.78 is 3.18. The van der Waals surface area contributed by atoms with Crippen molar-refractivity contribution in [1.29, 1.82) is 0 Å². The van der Waals surface area contributed by atoms with Crippen LogP contribution in [0.1, 0.15) is 19.2 Å². The molecular formula is C12H18N6O2. The lowest BCUT2D eigenvalue weighted by Crippen LogP contribution is -2.34. The number of aryl methyl sites for hydroxylation is 1. The minimum Gasteiger partial charge on any atom is -0.383 e. The predicted molar refractivity (Wildman–Crippen MR) is 76.6 cm³/mol. The van der Waals surface area contributed by atoms with Gasteiger partial charge >= 0.3 is 5.69 Å². The Morgan fingerprint density at radius 2 is 2.20 bits per heavy atom. The molecule has 4 N–H and O–H groups in total. The second-order valence-corrected chi connectivity index (χ2v) is 4.48. The van der Waals surface area contributed by atoms with Gasteiger partial charge in [-0.1, -0.05) is 6.92 Å². The van der Waals surface area contributed by atoms with Crippen molar-refractivity contribution in [3.8, 4) is 0 Å². The Morgan fingerprint density at radius 3 is 2.80 bits per heavy atom. The molecule has 2 aromatic heterocycles. The number of rotatable bonds is 5. The van der Waals surface area contributed by atoms with Gasteiger partial charge in [0.05, 0.1) is 6.54 Å². The molecule has 0 aliphatic heterocycles. The summed E-state index contributed by atoms with van der Waals surface area (Å²) in [5.74, 6) is 0.909. The lowest BCUT2D eigenvalue weighted by Gasteiger charge is -2.13. The molecule has 0 aromatic carbocycles.